The van der Waals surface area contributed by atoms with E-state index in [1.54, 1.807) is 30.3 Å². The minimum Gasteiger partial charge on any atom is -0.387 e. The number of anilines is 4. The molecule has 40 heavy (non-hydrogen) atoms. The molecule has 4 rings (SSSR count). The number of hydrogen-bond acceptors (Lipinski definition) is 8. The van der Waals surface area contributed by atoms with Crippen molar-refractivity contribution in [3.63, 3.8) is 0 Å². The molecule has 10 nitrogen and oxygen atoms in total. The van der Waals surface area contributed by atoms with Crippen LogP contribution in [-0.4, -0.2) is 51.2 Å². The van der Waals surface area contributed by atoms with Crippen molar-refractivity contribution < 1.29 is 23.5 Å². The summed E-state index contributed by atoms with van der Waals surface area (Å²) in [5.41, 5.74) is -0.287. The standard InChI is InChI=1S/C28H29F2N7O3/c1-28(2,40)23(30)15-34-27(39)20-14-32-24(37-25-21(29)10-16(12-31)13-33-25)11-22(20)35-19-8-6-17(7-9-19)26(38)36-18-4-3-5-18/h6-11,13-14,18,23,40H,3-5,15H2,1-2H3,(H,34,39)(H,36,38)(H2,32,33,35,37)/t23-/m1/s1. The number of nitrogens with one attached hydrogen (secondary N) is 4. The number of aromatic nitrogens is 2. The Balaban J connectivity index is 1.57. The number of nitriles is 1. The molecular weight excluding hydrogens is 520 g/mol. The van der Waals surface area contributed by atoms with E-state index in [4.69, 9.17) is 5.26 Å². The Morgan fingerprint density at radius 3 is 2.45 bits per heavy atom. The molecule has 0 spiro atoms. The number of alkyl halides is 1. The smallest absolute Gasteiger partial charge is 0.255 e. The maximum atomic E-state index is 14.4. The van der Waals surface area contributed by atoms with E-state index in [1.807, 2.05) is 0 Å². The molecule has 2 aromatic heterocycles. The van der Waals surface area contributed by atoms with Crippen LogP contribution in [0.3, 0.4) is 0 Å². The topological polar surface area (TPSA) is 152 Å². The lowest BCUT2D eigenvalue weighted by Gasteiger charge is -2.26. The van der Waals surface area contributed by atoms with Gasteiger partial charge in [0.25, 0.3) is 11.8 Å². The van der Waals surface area contributed by atoms with E-state index in [1.165, 1.54) is 32.3 Å². The zero-order chi connectivity index (χ0) is 28.9. The van der Waals surface area contributed by atoms with Crippen LogP contribution in [-0.2, 0) is 0 Å². The van der Waals surface area contributed by atoms with Crippen LogP contribution in [0, 0.1) is 17.1 Å². The first-order valence-electron chi connectivity index (χ1n) is 12.7. The zero-order valence-electron chi connectivity index (χ0n) is 22.0. The molecule has 12 heteroatoms. The van der Waals surface area contributed by atoms with E-state index in [-0.39, 0.29) is 40.4 Å². The summed E-state index contributed by atoms with van der Waals surface area (Å²) in [7, 11) is 0. The first-order chi connectivity index (χ1) is 19.0. The van der Waals surface area contributed by atoms with Crippen LogP contribution >= 0.6 is 0 Å². The summed E-state index contributed by atoms with van der Waals surface area (Å²) < 4.78 is 28.6. The van der Waals surface area contributed by atoms with Gasteiger partial charge < -0.3 is 26.4 Å². The Morgan fingerprint density at radius 1 is 1.12 bits per heavy atom. The summed E-state index contributed by atoms with van der Waals surface area (Å²) in [4.78, 5) is 33.4. The van der Waals surface area contributed by atoms with Crippen LogP contribution in [0.5, 0.6) is 0 Å². The van der Waals surface area contributed by atoms with Gasteiger partial charge >= 0.3 is 0 Å². The van der Waals surface area contributed by atoms with E-state index >= 15 is 0 Å². The Kier molecular flexibility index (Phi) is 8.55. The molecule has 2 amide bonds. The Morgan fingerprint density at radius 2 is 1.85 bits per heavy atom. The number of hydrogen-bond donors (Lipinski definition) is 5. The van der Waals surface area contributed by atoms with Crippen molar-refractivity contribution in [1.29, 1.82) is 5.26 Å². The van der Waals surface area contributed by atoms with Crippen molar-refractivity contribution in [3.8, 4) is 6.07 Å². The molecule has 1 saturated carbocycles. The predicted octanol–water partition coefficient (Wildman–Crippen LogP) is 4.10. The van der Waals surface area contributed by atoms with Crippen molar-refractivity contribution in [2.75, 3.05) is 17.2 Å². The number of carbonyl (C=O) groups excluding carboxylic acids is 2. The van der Waals surface area contributed by atoms with Gasteiger partial charge in [0.1, 0.15) is 18.1 Å². The third kappa shape index (κ3) is 7.06. The van der Waals surface area contributed by atoms with E-state index in [0.717, 1.165) is 25.3 Å². The lowest BCUT2D eigenvalue weighted by Crippen LogP contribution is -2.42. The van der Waals surface area contributed by atoms with Crippen molar-refractivity contribution in [2.24, 2.45) is 0 Å². The second-order valence-corrected chi connectivity index (χ2v) is 10.0. The van der Waals surface area contributed by atoms with Crippen molar-refractivity contribution in [1.82, 2.24) is 20.6 Å². The highest BCUT2D eigenvalue weighted by atomic mass is 19.1. The van der Waals surface area contributed by atoms with Crippen LogP contribution in [0.15, 0.2) is 48.8 Å². The molecule has 2 heterocycles. The quantitative estimate of drug-likeness (QED) is 0.254. The minimum atomic E-state index is -1.72. The molecule has 0 aliphatic heterocycles. The number of carbonyl (C=O) groups is 2. The summed E-state index contributed by atoms with van der Waals surface area (Å²) >= 11 is 0. The Labute approximate surface area is 229 Å². The fraction of sp³-hybridized carbons (Fsp3) is 0.321. The Bertz CT molecular complexity index is 1430. The van der Waals surface area contributed by atoms with E-state index in [2.05, 4.69) is 31.2 Å². The molecule has 0 saturated heterocycles. The Hall–Kier alpha value is -4.63. The van der Waals surface area contributed by atoms with Gasteiger partial charge in [-0.05, 0) is 63.4 Å². The maximum Gasteiger partial charge on any atom is 0.255 e. The molecule has 0 bridgehead atoms. The number of rotatable bonds is 10. The molecule has 3 aromatic rings. The SMILES string of the molecule is CC(C)(O)[C@H](F)CNC(=O)c1cnc(Nc2ncc(C#N)cc2F)cc1Nc1ccc(C(=O)NC2CCC2)cc1. The van der Waals surface area contributed by atoms with Gasteiger partial charge in [0.05, 0.1) is 29.0 Å². The molecule has 5 N–H and O–H groups in total. The fourth-order valence-electron chi connectivity index (χ4n) is 3.73. The van der Waals surface area contributed by atoms with E-state index in [9.17, 15) is 23.5 Å². The summed E-state index contributed by atoms with van der Waals surface area (Å²) in [5, 5.41) is 30.0. The minimum absolute atomic E-state index is 0.0485. The number of benzene rings is 1. The highest BCUT2D eigenvalue weighted by Crippen LogP contribution is 2.26. The molecule has 208 valence electrons. The molecule has 1 aliphatic rings. The average molecular weight is 550 g/mol. The first-order valence-corrected chi connectivity index (χ1v) is 12.7. The van der Waals surface area contributed by atoms with Gasteiger partial charge in [0.2, 0.25) is 0 Å². The van der Waals surface area contributed by atoms with Crippen molar-refractivity contribution in [2.45, 2.75) is 50.9 Å². The van der Waals surface area contributed by atoms with Gasteiger partial charge in [-0.1, -0.05) is 0 Å². The fourth-order valence-corrected chi connectivity index (χ4v) is 3.73. The van der Waals surface area contributed by atoms with Crippen LogP contribution in [0.4, 0.5) is 31.8 Å². The van der Waals surface area contributed by atoms with E-state index < -0.39 is 30.0 Å². The van der Waals surface area contributed by atoms with Crippen LogP contribution < -0.4 is 21.3 Å². The van der Waals surface area contributed by atoms with Gasteiger partial charge in [-0.2, -0.15) is 5.26 Å². The predicted molar refractivity (Wildman–Crippen MR) is 145 cm³/mol. The molecular formula is C28H29F2N7O3. The number of aliphatic hydroxyl groups is 1. The van der Waals surface area contributed by atoms with Gasteiger partial charge in [0, 0.05) is 35.8 Å². The lowest BCUT2D eigenvalue weighted by molar-refractivity contribution is -0.00178. The highest BCUT2D eigenvalue weighted by Gasteiger charge is 2.27. The number of pyridine rings is 2. The zero-order valence-corrected chi connectivity index (χ0v) is 22.0. The van der Waals surface area contributed by atoms with Gasteiger partial charge in [-0.15, -0.1) is 0 Å². The number of halogens is 2. The normalized spacial score (nSPS) is 13.9. The molecule has 1 fully saturated rings. The van der Waals surface area contributed by atoms with E-state index in [0.29, 0.717) is 11.3 Å². The average Bonchev–Trinajstić information content (AvgIpc) is 2.90. The van der Waals surface area contributed by atoms with Crippen LogP contribution in [0.25, 0.3) is 0 Å². The summed E-state index contributed by atoms with van der Waals surface area (Å²) in [6, 6.07) is 11.1. The molecule has 0 unspecified atom stereocenters. The summed E-state index contributed by atoms with van der Waals surface area (Å²) in [5.74, 6) is -1.65. The van der Waals surface area contributed by atoms with Gasteiger partial charge in [0.15, 0.2) is 11.6 Å². The largest absolute Gasteiger partial charge is 0.387 e. The maximum absolute atomic E-state index is 14.4. The third-order valence-electron chi connectivity index (χ3n) is 6.44. The summed E-state index contributed by atoms with van der Waals surface area (Å²) in [6.07, 6.45) is 3.74. The van der Waals surface area contributed by atoms with Gasteiger partial charge in [-0.3, -0.25) is 9.59 Å². The molecule has 1 aliphatic carbocycles. The first kappa shape index (κ1) is 28.4. The lowest BCUT2D eigenvalue weighted by atomic mass is 9.93. The summed E-state index contributed by atoms with van der Waals surface area (Å²) in [6.45, 7) is 2.16. The molecule has 0 radical (unpaired) electrons. The van der Waals surface area contributed by atoms with Crippen LogP contribution in [0.1, 0.15) is 59.4 Å². The van der Waals surface area contributed by atoms with Crippen molar-refractivity contribution >= 4 is 34.8 Å². The van der Waals surface area contributed by atoms with Crippen molar-refractivity contribution in [3.05, 3.63) is 71.3 Å². The molecule has 1 aromatic carbocycles. The third-order valence-corrected chi connectivity index (χ3v) is 6.44. The molecule has 1 atom stereocenters. The monoisotopic (exact) mass is 549 g/mol. The number of nitrogens with zero attached hydrogens (tertiary/aromatic N) is 3. The van der Waals surface area contributed by atoms with Gasteiger partial charge in [-0.25, -0.2) is 18.7 Å². The second kappa shape index (κ2) is 12.0. The second-order valence-electron chi connectivity index (χ2n) is 10.0. The van der Waals surface area contributed by atoms with Crippen LogP contribution in [0.2, 0.25) is 0 Å². The number of amides is 2. The highest BCUT2D eigenvalue weighted by molar-refractivity contribution is 6.00.